The van der Waals surface area contributed by atoms with Crippen molar-refractivity contribution in [3.63, 3.8) is 0 Å². The second-order valence-electron chi connectivity index (χ2n) is 15.1. The largest absolute Gasteiger partial charge is 0.458 e. The van der Waals surface area contributed by atoms with Crippen molar-refractivity contribution in [3.05, 3.63) is 215 Å². The maximum Gasteiger partial charge on any atom is 0.338 e. The first-order valence-electron chi connectivity index (χ1n) is 21.9. The Balaban J connectivity index is 1.12. The number of benzene rings is 6. The first kappa shape index (κ1) is 50.4. The van der Waals surface area contributed by atoms with Crippen LogP contribution in [-0.4, -0.2) is 113 Å². The molecule has 356 valence electrons. The van der Waals surface area contributed by atoms with Crippen LogP contribution < -0.4 is 0 Å². The molecule has 6 rings (SSSR count). The Labute approximate surface area is 398 Å². The molecule has 0 fully saturated rings. The van der Waals surface area contributed by atoms with E-state index in [2.05, 4.69) is 0 Å². The van der Waals surface area contributed by atoms with Crippen LogP contribution in [0.4, 0.5) is 0 Å². The van der Waals surface area contributed by atoms with Gasteiger partial charge in [0.1, 0.15) is 25.4 Å². The highest BCUT2D eigenvalue weighted by Crippen LogP contribution is 2.13. The Hall–Kier alpha value is -7.98. The number of rotatable bonds is 26. The summed E-state index contributed by atoms with van der Waals surface area (Å²) in [6.45, 7) is -2.35. The molecule has 0 amide bonds. The summed E-state index contributed by atoms with van der Waals surface area (Å²) in [5, 5.41) is 0. The lowest BCUT2D eigenvalue weighted by Crippen LogP contribution is -2.36. The molecule has 0 saturated heterocycles. The minimum absolute atomic E-state index is 0.255. The summed E-state index contributed by atoms with van der Waals surface area (Å²) in [5.41, 5.74) is 1.63. The predicted octanol–water partition coefficient (Wildman–Crippen LogP) is 7.65. The topological polar surface area (TPSA) is 185 Å². The highest BCUT2D eigenvalue weighted by atomic mass is 16.6. The molecular formula is C54H50O15. The zero-order chi connectivity index (χ0) is 48.5. The Kier molecular flexibility index (Phi) is 20.2. The second-order valence-corrected chi connectivity index (χ2v) is 15.1. The summed E-state index contributed by atoms with van der Waals surface area (Å²) in [6, 6.07) is 49.6. The van der Waals surface area contributed by atoms with Gasteiger partial charge >= 0.3 is 35.8 Å². The van der Waals surface area contributed by atoms with Crippen molar-refractivity contribution in [2.45, 2.75) is 24.4 Å². The molecule has 0 bridgehead atoms. The number of hydrogen-bond acceptors (Lipinski definition) is 15. The van der Waals surface area contributed by atoms with E-state index in [1.54, 1.807) is 182 Å². The van der Waals surface area contributed by atoms with Gasteiger partial charge < -0.3 is 42.6 Å². The van der Waals surface area contributed by atoms with E-state index in [1.807, 2.05) is 0 Å². The maximum atomic E-state index is 13.3. The molecular weight excluding hydrogens is 889 g/mol. The zero-order valence-corrected chi connectivity index (χ0v) is 37.4. The van der Waals surface area contributed by atoms with Gasteiger partial charge in [0.05, 0.1) is 73.0 Å². The number of hydrogen-bond donors (Lipinski definition) is 0. The molecule has 6 aromatic rings. The van der Waals surface area contributed by atoms with Gasteiger partial charge in [-0.1, -0.05) is 109 Å². The van der Waals surface area contributed by atoms with E-state index in [4.69, 9.17) is 42.6 Å². The van der Waals surface area contributed by atoms with E-state index in [1.165, 1.54) is 0 Å². The first-order chi connectivity index (χ1) is 33.7. The summed E-state index contributed by atoms with van der Waals surface area (Å²) in [6.07, 6.45) is -4.29. The van der Waals surface area contributed by atoms with E-state index >= 15 is 0 Å². The van der Waals surface area contributed by atoms with Gasteiger partial charge in [-0.05, 0) is 72.8 Å². The normalized spacial score (nSPS) is 12.5. The number of esters is 6. The van der Waals surface area contributed by atoms with E-state index in [0.717, 1.165) is 0 Å². The van der Waals surface area contributed by atoms with Crippen LogP contribution in [0.1, 0.15) is 62.1 Å². The van der Waals surface area contributed by atoms with Crippen LogP contribution in [0.15, 0.2) is 182 Å². The van der Waals surface area contributed by atoms with Crippen molar-refractivity contribution in [1.29, 1.82) is 0 Å². The molecule has 4 atom stereocenters. The molecule has 0 spiro atoms. The van der Waals surface area contributed by atoms with Gasteiger partial charge in [0.25, 0.3) is 0 Å². The van der Waals surface area contributed by atoms with Gasteiger partial charge in [0.15, 0.2) is 12.2 Å². The van der Waals surface area contributed by atoms with Gasteiger partial charge in [-0.2, -0.15) is 0 Å². The third-order valence-electron chi connectivity index (χ3n) is 9.77. The Bertz CT molecular complexity index is 2330. The summed E-state index contributed by atoms with van der Waals surface area (Å²) in [5.74, 6) is -4.00. The van der Waals surface area contributed by atoms with Crippen molar-refractivity contribution >= 4 is 35.8 Å². The monoisotopic (exact) mass is 938 g/mol. The lowest BCUT2D eigenvalue weighted by molar-refractivity contribution is -0.0873. The molecule has 15 nitrogen and oxygen atoms in total. The van der Waals surface area contributed by atoms with E-state index in [9.17, 15) is 28.8 Å². The molecule has 0 saturated carbocycles. The highest BCUT2D eigenvalue weighted by Gasteiger charge is 2.25. The molecule has 0 heterocycles. The summed E-state index contributed by atoms with van der Waals surface area (Å²) in [7, 11) is 0. The fourth-order valence-corrected chi connectivity index (χ4v) is 6.28. The zero-order valence-electron chi connectivity index (χ0n) is 37.4. The van der Waals surface area contributed by atoms with Crippen molar-refractivity contribution in [2.24, 2.45) is 0 Å². The van der Waals surface area contributed by atoms with Crippen molar-refractivity contribution in [1.82, 2.24) is 0 Å². The first-order valence-corrected chi connectivity index (χ1v) is 21.9. The van der Waals surface area contributed by atoms with Crippen molar-refractivity contribution in [2.75, 3.05) is 52.9 Å². The number of carbonyl (C=O) groups is 6. The van der Waals surface area contributed by atoms with Gasteiger partial charge in [0, 0.05) is 0 Å². The highest BCUT2D eigenvalue weighted by molar-refractivity contribution is 5.92. The molecule has 0 aliphatic carbocycles. The van der Waals surface area contributed by atoms with Crippen LogP contribution in [0.2, 0.25) is 0 Å². The molecule has 0 aliphatic rings. The van der Waals surface area contributed by atoms with Crippen LogP contribution in [0.5, 0.6) is 0 Å². The Morgan fingerprint density at radius 2 is 0.420 bits per heavy atom. The minimum Gasteiger partial charge on any atom is -0.458 e. The van der Waals surface area contributed by atoms with E-state index in [-0.39, 0.29) is 75.1 Å². The van der Waals surface area contributed by atoms with Gasteiger partial charge in [-0.3, -0.25) is 0 Å². The molecule has 6 aromatic carbocycles. The third-order valence-corrected chi connectivity index (χ3v) is 9.77. The van der Waals surface area contributed by atoms with Gasteiger partial charge in [0.2, 0.25) is 0 Å². The minimum atomic E-state index is -1.08. The lowest BCUT2D eigenvalue weighted by atomic mass is 10.2. The quantitative estimate of drug-likeness (QED) is 0.0381. The SMILES string of the molecule is O=C(OCC(COCC(COCC(COCC(COC(=O)c1ccccc1)OC(=O)c1ccccc1)OC(=O)c1ccccc1)OC(=O)c1ccccc1)OC(=O)c1ccccc1)c1ccccc1. The van der Waals surface area contributed by atoms with Crippen LogP contribution in [0.3, 0.4) is 0 Å². The summed E-state index contributed by atoms with van der Waals surface area (Å²) in [4.78, 5) is 78.4. The van der Waals surface area contributed by atoms with Crippen LogP contribution >= 0.6 is 0 Å². The third kappa shape index (κ3) is 17.3. The maximum absolute atomic E-state index is 13.3. The molecule has 0 radical (unpaired) electrons. The molecule has 0 N–H and O–H groups in total. The second kappa shape index (κ2) is 27.6. The van der Waals surface area contributed by atoms with E-state index in [0.29, 0.717) is 11.1 Å². The average molecular weight is 939 g/mol. The average Bonchev–Trinajstić information content (AvgIpc) is 3.40. The summed E-state index contributed by atoms with van der Waals surface area (Å²) < 4.78 is 51.9. The van der Waals surface area contributed by atoms with Crippen LogP contribution in [0, 0.1) is 0 Å². The van der Waals surface area contributed by atoms with Gasteiger partial charge in [-0.25, -0.2) is 28.8 Å². The fourth-order valence-electron chi connectivity index (χ4n) is 6.28. The molecule has 69 heavy (non-hydrogen) atoms. The van der Waals surface area contributed by atoms with Crippen LogP contribution in [-0.2, 0) is 42.6 Å². The molecule has 0 aliphatic heterocycles. The fraction of sp³-hybridized carbons (Fsp3) is 0.222. The number of ether oxygens (including phenoxy) is 9. The lowest BCUT2D eigenvalue weighted by Gasteiger charge is -2.23. The van der Waals surface area contributed by atoms with E-state index < -0.39 is 60.2 Å². The van der Waals surface area contributed by atoms with Crippen molar-refractivity contribution in [3.8, 4) is 0 Å². The number of carbonyl (C=O) groups excluding carboxylic acids is 6. The molecule has 0 aromatic heterocycles. The van der Waals surface area contributed by atoms with Crippen molar-refractivity contribution < 1.29 is 71.4 Å². The Morgan fingerprint density at radius 1 is 0.246 bits per heavy atom. The Morgan fingerprint density at radius 3 is 0.623 bits per heavy atom. The standard InChI is InChI=1S/C54H50O15/c55-49(39-19-7-1-8-20-39)64-37-47(68-53(59)43-27-15-5-16-28-43)35-62-33-45(66-51(57)41-23-11-3-12-24-41)31-61-32-46(67-52(58)42-25-13-4-14-26-42)34-63-36-48(69-54(60)44-29-17-6-18-30-44)38-65-50(56)40-21-9-2-10-22-40/h1-30,45-48H,31-38H2. The van der Waals surface area contributed by atoms with Gasteiger partial charge in [-0.15, -0.1) is 0 Å². The summed E-state index contributed by atoms with van der Waals surface area (Å²) >= 11 is 0. The predicted molar refractivity (Wildman–Crippen MR) is 248 cm³/mol. The molecule has 4 unspecified atom stereocenters. The smallest absolute Gasteiger partial charge is 0.338 e. The van der Waals surface area contributed by atoms with Crippen LogP contribution in [0.25, 0.3) is 0 Å². The molecule has 15 heteroatoms.